The number of ether oxygens (including phenoxy) is 2. The Labute approximate surface area is 231 Å². The third kappa shape index (κ3) is 7.38. The normalized spacial score (nSPS) is 14.7. The average molecular weight is 555 g/mol. The van der Waals surface area contributed by atoms with E-state index >= 15 is 0 Å². The second-order valence-corrected chi connectivity index (χ2v) is 8.83. The van der Waals surface area contributed by atoms with Crippen LogP contribution in [-0.2, 0) is 23.9 Å². The molecule has 11 nitrogen and oxygen atoms in total. The molecule has 1 aliphatic rings. The molecule has 39 heavy (non-hydrogen) atoms. The molecule has 1 fully saturated rings. The topological polar surface area (TPSA) is 134 Å². The molecule has 2 aromatic rings. The summed E-state index contributed by atoms with van der Waals surface area (Å²) in [4.78, 5) is 64.6. The Balaban J connectivity index is 1.76. The van der Waals surface area contributed by atoms with Gasteiger partial charge >= 0.3 is 11.9 Å². The van der Waals surface area contributed by atoms with E-state index in [2.05, 4.69) is 10.6 Å². The largest absolute Gasteiger partial charge is 0.462 e. The summed E-state index contributed by atoms with van der Waals surface area (Å²) >= 11 is 5.60. The first-order valence-corrected chi connectivity index (χ1v) is 12.8. The van der Waals surface area contributed by atoms with E-state index in [0.29, 0.717) is 22.5 Å². The smallest absolute Gasteiger partial charge is 0.338 e. The fraction of sp³-hybridized carbons (Fsp3) is 0.333. The average Bonchev–Trinajstić information content (AvgIpc) is 3.13. The van der Waals surface area contributed by atoms with E-state index in [1.54, 1.807) is 43.0 Å². The summed E-state index contributed by atoms with van der Waals surface area (Å²) in [5.41, 5.74) is 1.54. The molecule has 0 bridgehead atoms. The van der Waals surface area contributed by atoms with Crippen molar-refractivity contribution >= 4 is 58.4 Å². The van der Waals surface area contributed by atoms with Crippen LogP contribution in [0.4, 0.5) is 11.4 Å². The molecule has 1 heterocycles. The lowest BCUT2D eigenvalue weighted by molar-refractivity contribution is -0.124. The Bertz CT molecular complexity index is 1250. The highest BCUT2D eigenvalue weighted by atomic mass is 32.1. The van der Waals surface area contributed by atoms with Gasteiger partial charge < -0.3 is 25.0 Å². The molecule has 0 aromatic heterocycles. The molecule has 12 heteroatoms. The van der Waals surface area contributed by atoms with Crippen molar-refractivity contribution in [2.45, 2.75) is 33.2 Å². The van der Waals surface area contributed by atoms with Crippen LogP contribution in [0.25, 0.3) is 0 Å². The van der Waals surface area contributed by atoms with Crippen LogP contribution in [0.2, 0.25) is 0 Å². The second-order valence-electron chi connectivity index (χ2n) is 8.47. The quantitative estimate of drug-likeness (QED) is 0.317. The number of esters is 2. The summed E-state index contributed by atoms with van der Waals surface area (Å²) in [5, 5.41) is 5.57. The lowest BCUT2D eigenvalue weighted by atomic mass is 10.1. The summed E-state index contributed by atoms with van der Waals surface area (Å²) in [6.07, 6.45) is -0.212. The van der Waals surface area contributed by atoms with Crippen molar-refractivity contribution in [1.82, 2.24) is 10.2 Å². The molecule has 206 valence electrons. The predicted molar refractivity (Wildman–Crippen MR) is 147 cm³/mol. The summed E-state index contributed by atoms with van der Waals surface area (Å²) < 4.78 is 9.96. The number of nitrogens with zero attached hydrogens (tertiary/aromatic N) is 2. The number of carbonyl (C=O) groups is 5. The first kappa shape index (κ1) is 29.2. The third-order valence-electron chi connectivity index (χ3n) is 5.74. The van der Waals surface area contributed by atoms with E-state index in [1.807, 2.05) is 0 Å². The minimum atomic E-state index is -0.921. The van der Waals surface area contributed by atoms with Gasteiger partial charge in [-0.05, 0) is 74.6 Å². The van der Waals surface area contributed by atoms with E-state index in [4.69, 9.17) is 21.7 Å². The fourth-order valence-corrected chi connectivity index (χ4v) is 4.34. The van der Waals surface area contributed by atoms with Crippen molar-refractivity contribution in [2.75, 3.05) is 36.5 Å². The maximum Gasteiger partial charge on any atom is 0.338 e. The van der Waals surface area contributed by atoms with Gasteiger partial charge in [0, 0.05) is 25.7 Å². The second kappa shape index (κ2) is 13.5. The maximum atomic E-state index is 13.5. The highest BCUT2D eigenvalue weighted by Crippen LogP contribution is 2.28. The molecule has 2 aromatic carbocycles. The van der Waals surface area contributed by atoms with Crippen molar-refractivity contribution in [3.05, 3.63) is 59.7 Å². The first-order valence-electron chi connectivity index (χ1n) is 12.4. The van der Waals surface area contributed by atoms with Gasteiger partial charge in [0.1, 0.15) is 6.04 Å². The van der Waals surface area contributed by atoms with Crippen LogP contribution in [0.3, 0.4) is 0 Å². The molecule has 0 aliphatic carbocycles. The monoisotopic (exact) mass is 554 g/mol. The number of hydrogen-bond donors (Lipinski definition) is 2. The van der Waals surface area contributed by atoms with Crippen molar-refractivity contribution in [3.63, 3.8) is 0 Å². The zero-order chi connectivity index (χ0) is 28.5. The maximum absolute atomic E-state index is 13.5. The Hall–Kier alpha value is -4.32. The van der Waals surface area contributed by atoms with E-state index in [0.717, 1.165) is 0 Å². The number of hydrogen-bond acceptors (Lipinski definition) is 8. The number of rotatable bonds is 11. The molecule has 1 saturated heterocycles. The molecular formula is C27H30N4O7S. The molecule has 2 N–H and O–H groups in total. The van der Waals surface area contributed by atoms with Crippen LogP contribution in [0, 0.1) is 0 Å². The van der Waals surface area contributed by atoms with Crippen LogP contribution in [-0.4, -0.2) is 72.0 Å². The van der Waals surface area contributed by atoms with Gasteiger partial charge in [-0.15, -0.1) is 0 Å². The zero-order valence-corrected chi connectivity index (χ0v) is 22.7. The number of carbonyl (C=O) groups excluding carboxylic acids is 5. The van der Waals surface area contributed by atoms with Gasteiger partial charge in [-0.3, -0.25) is 19.3 Å². The van der Waals surface area contributed by atoms with Crippen LogP contribution in [0.5, 0.6) is 0 Å². The SMILES string of the molecule is CCOC(=O)c1ccc(NC(=O)CC2C(=O)N(c3ccc(C(=O)OCC)cc3)C(=S)N2CCNC(C)=O)cc1. The van der Waals surface area contributed by atoms with Crippen molar-refractivity contribution < 1.29 is 33.4 Å². The Morgan fingerprint density at radius 2 is 1.44 bits per heavy atom. The van der Waals surface area contributed by atoms with Crippen LogP contribution >= 0.6 is 12.2 Å². The fourth-order valence-electron chi connectivity index (χ4n) is 3.93. The highest BCUT2D eigenvalue weighted by Gasteiger charge is 2.44. The van der Waals surface area contributed by atoms with Gasteiger partial charge in [-0.2, -0.15) is 0 Å². The molecule has 0 radical (unpaired) electrons. The highest BCUT2D eigenvalue weighted by molar-refractivity contribution is 7.80. The number of anilines is 2. The zero-order valence-electron chi connectivity index (χ0n) is 21.9. The van der Waals surface area contributed by atoms with E-state index in [9.17, 15) is 24.0 Å². The minimum Gasteiger partial charge on any atom is -0.462 e. The van der Waals surface area contributed by atoms with Crippen LogP contribution in [0.1, 0.15) is 47.9 Å². The molecule has 0 spiro atoms. The van der Waals surface area contributed by atoms with E-state index in [1.165, 1.54) is 36.1 Å². The van der Waals surface area contributed by atoms with Gasteiger partial charge in [0.2, 0.25) is 11.8 Å². The lowest BCUT2D eigenvalue weighted by Crippen LogP contribution is -2.42. The Morgan fingerprint density at radius 3 is 1.95 bits per heavy atom. The molecular weight excluding hydrogens is 524 g/mol. The van der Waals surface area contributed by atoms with Gasteiger partial charge in [-0.25, -0.2) is 9.59 Å². The minimum absolute atomic E-state index is 0.172. The number of thiocarbonyl (C=S) groups is 1. The van der Waals surface area contributed by atoms with Gasteiger partial charge in [0.05, 0.1) is 36.4 Å². The van der Waals surface area contributed by atoms with Gasteiger partial charge in [0.15, 0.2) is 5.11 Å². The molecule has 1 aliphatic heterocycles. The number of amides is 3. The molecule has 1 unspecified atom stereocenters. The summed E-state index contributed by atoms with van der Waals surface area (Å²) in [6.45, 7) is 5.69. The van der Waals surface area contributed by atoms with E-state index in [-0.39, 0.29) is 43.7 Å². The number of benzene rings is 2. The van der Waals surface area contributed by atoms with E-state index < -0.39 is 29.8 Å². The lowest BCUT2D eigenvalue weighted by Gasteiger charge is -2.24. The van der Waals surface area contributed by atoms with Gasteiger partial charge in [0.25, 0.3) is 5.91 Å². The molecule has 3 rings (SSSR count). The van der Waals surface area contributed by atoms with Crippen molar-refractivity contribution in [1.29, 1.82) is 0 Å². The molecule has 1 atom stereocenters. The predicted octanol–water partition coefficient (Wildman–Crippen LogP) is 2.51. The summed E-state index contributed by atoms with van der Waals surface area (Å²) in [7, 11) is 0. The van der Waals surface area contributed by atoms with Crippen LogP contribution < -0.4 is 15.5 Å². The van der Waals surface area contributed by atoms with Gasteiger partial charge in [-0.1, -0.05) is 0 Å². The summed E-state index contributed by atoms with van der Waals surface area (Å²) in [5.74, 6) is -2.05. The van der Waals surface area contributed by atoms with Crippen molar-refractivity contribution in [3.8, 4) is 0 Å². The first-order chi connectivity index (χ1) is 18.7. The summed E-state index contributed by atoms with van der Waals surface area (Å²) in [6, 6.07) is 11.5. The third-order valence-corrected chi connectivity index (χ3v) is 6.16. The van der Waals surface area contributed by atoms with Crippen LogP contribution in [0.15, 0.2) is 48.5 Å². The Morgan fingerprint density at radius 1 is 0.897 bits per heavy atom. The Kier molecular flexibility index (Phi) is 10.1. The standard InChI is InChI=1S/C27H30N4O7S/c1-4-37-25(35)18-6-10-20(11-7-18)29-23(33)16-22-24(34)31(27(39)30(22)15-14-28-17(3)32)21-12-8-19(9-13-21)26(36)38-5-2/h6-13,22H,4-5,14-16H2,1-3H3,(H,28,32)(H,29,33). The van der Waals surface area contributed by atoms with Crippen molar-refractivity contribution in [2.24, 2.45) is 0 Å². The molecule has 3 amide bonds. The number of nitrogens with one attached hydrogen (secondary N) is 2. The molecule has 0 saturated carbocycles.